The molecule has 0 amide bonds. The van der Waals surface area contributed by atoms with E-state index >= 15 is 0 Å². The van der Waals surface area contributed by atoms with E-state index in [-0.39, 0.29) is 24.4 Å². The first-order chi connectivity index (χ1) is 4.90. The fraction of sp³-hybridized carbons (Fsp3) is 0.625. The number of hydrogen-bond donors (Lipinski definition) is 2. The molecule has 0 aliphatic carbocycles. The molecule has 0 radical (unpaired) electrons. The number of carbonyl (C=O) groups is 1. The number of ketones is 1. The first-order valence-electron chi connectivity index (χ1n) is 3.52. The summed E-state index contributed by atoms with van der Waals surface area (Å²) in [7, 11) is 0. The fourth-order valence-corrected chi connectivity index (χ4v) is 0.877. The van der Waals surface area contributed by atoms with Gasteiger partial charge in [0.15, 0.2) is 5.78 Å². The predicted molar refractivity (Wildman–Crippen MR) is 42.3 cm³/mol. The van der Waals surface area contributed by atoms with E-state index in [9.17, 15) is 9.90 Å². The van der Waals surface area contributed by atoms with E-state index in [1.54, 1.807) is 6.92 Å². The summed E-state index contributed by atoms with van der Waals surface area (Å²) in [5.74, 6) is -0.454. The Bertz CT molecular complexity index is 170. The molecule has 0 spiro atoms. The van der Waals surface area contributed by atoms with E-state index in [4.69, 9.17) is 5.11 Å². The molecule has 0 bridgehead atoms. The van der Waals surface area contributed by atoms with Gasteiger partial charge in [0.2, 0.25) is 0 Å². The first kappa shape index (κ1) is 10.2. The van der Waals surface area contributed by atoms with E-state index in [2.05, 4.69) is 6.58 Å². The van der Waals surface area contributed by atoms with E-state index in [1.165, 1.54) is 6.92 Å². The van der Waals surface area contributed by atoms with Crippen molar-refractivity contribution >= 4 is 5.78 Å². The SMILES string of the molecule is C=C(O)CC(C)(O)C(=O)CC. The minimum atomic E-state index is -1.46. The third-order valence-corrected chi connectivity index (χ3v) is 1.47. The van der Waals surface area contributed by atoms with Crippen molar-refractivity contribution in [2.45, 2.75) is 32.3 Å². The number of Topliss-reactive ketones (excluding diaryl/α,β-unsaturated/α-hetero) is 1. The largest absolute Gasteiger partial charge is 0.513 e. The van der Waals surface area contributed by atoms with Crippen molar-refractivity contribution in [3.63, 3.8) is 0 Å². The molecule has 1 unspecified atom stereocenters. The smallest absolute Gasteiger partial charge is 0.164 e. The zero-order chi connectivity index (χ0) is 9.07. The van der Waals surface area contributed by atoms with Crippen molar-refractivity contribution in [3.05, 3.63) is 12.3 Å². The summed E-state index contributed by atoms with van der Waals surface area (Å²) in [5, 5.41) is 18.1. The van der Waals surface area contributed by atoms with E-state index in [1.807, 2.05) is 0 Å². The molecule has 11 heavy (non-hydrogen) atoms. The average molecular weight is 158 g/mol. The highest BCUT2D eigenvalue weighted by atomic mass is 16.3. The van der Waals surface area contributed by atoms with Gasteiger partial charge in [-0.05, 0) is 6.92 Å². The van der Waals surface area contributed by atoms with Gasteiger partial charge in [0.05, 0.1) is 5.76 Å². The molecular formula is C8H14O3. The third kappa shape index (κ3) is 3.18. The van der Waals surface area contributed by atoms with Gasteiger partial charge in [-0.25, -0.2) is 0 Å². The van der Waals surface area contributed by atoms with E-state index < -0.39 is 5.60 Å². The second-order valence-corrected chi connectivity index (χ2v) is 2.79. The van der Waals surface area contributed by atoms with Crippen LogP contribution in [0.2, 0.25) is 0 Å². The molecule has 0 saturated carbocycles. The van der Waals surface area contributed by atoms with Gasteiger partial charge in [-0.3, -0.25) is 4.79 Å². The highest BCUT2D eigenvalue weighted by molar-refractivity contribution is 5.86. The molecule has 0 aromatic heterocycles. The van der Waals surface area contributed by atoms with Crippen LogP contribution in [0.3, 0.4) is 0 Å². The zero-order valence-corrected chi connectivity index (χ0v) is 6.92. The number of hydrogen-bond acceptors (Lipinski definition) is 3. The topological polar surface area (TPSA) is 57.5 Å². The molecule has 2 N–H and O–H groups in total. The Labute approximate surface area is 66.4 Å². The number of rotatable bonds is 4. The number of aliphatic hydroxyl groups is 2. The van der Waals surface area contributed by atoms with Gasteiger partial charge in [0.1, 0.15) is 5.60 Å². The van der Waals surface area contributed by atoms with Crippen molar-refractivity contribution in [2.24, 2.45) is 0 Å². The van der Waals surface area contributed by atoms with Gasteiger partial charge in [-0.15, -0.1) is 0 Å². The lowest BCUT2D eigenvalue weighted by atomic mass is 9.94. The van der Waals surface area contributed by atoms with Gasteiger partial charge in [0, 0.05) is 12.8 Å². The number of carbonyl (C=O) groups excluding carboxylic acids is 1. The lowest BCUT2D eigenvalue weighted by molar-refractivity contribution is -0.135. The molecule has 0 aliphatic rings. The fourth-order valence-electron chi connectivity index (χ4n) is 0.877. The van der Waals surface area contributed by atoms with Crippen LogP contribution in [0.5, 0.6) is 0 Å². The molecule has 0 fully saturated rings. The summed E-state index contributed by atoms with van der Waals surface area (Å²) in [6.07, 6.45) is 0.181. The van der Waals surface area contributed by atoms with Crippen molar-refractivity contribution in [2.75, 3.05) is 0 Å². The van der Waals surface area contributed by atoms with Crippen LogP contribution in [0.25, 0.3) is 0 Å². The lowest BCUT2D eigenvalue weighted by Gasteiger charge is -2.19. The monoisotopic (exact) mass is 158 g/mol. The maximum Gasteiger partial charge on any atom is 0.164 e. The second-order valence-electron chi connectivity index (χ2n) is 2.79. The standard InChI is InChI=1S/C8H14O3/c1-4-7(10)8(3,11)5-6(2)9/h9,11H,2,4-5H2,1,3H3. The molecule has 0 heterocycles. The highest BCUT2D eigenvalue weighted by Gasteiger charge is 2.28. The van der Waals surface area contributed by atoms with Gasteiger partial charge < -0.3 is 10.2 Å². The summed E-state index contributed by atoms with van der Waals surface area (Å²) in [5.41, 5.74) is -1.46. The highest BCUT2D eigenvalue weighted by Crippen LogP contribution is 2.15. The molecule has 3 nitrogen and oxygen atoms in total. The van der Waals surface area contributed by atoms with Crippen LogP contribution in [0.1, 0.15) is 26.7 Å². The predicted octanol–water partition coefficient (Wildman–Crippen LogP) is 1.18. The number of aliphatic hydroxyl groups excluding tert-OH is 1. The summed E-state index contributed by atoms with van der Waals surface area (Å²) in [6.45, 7) is 6.24. The summed E-state index contributed by atoms with van der Waals surface area (Å²) in [6, 6.07) is 0. The Hall–Kier alpha value is -0.830. The molecule has 0 saturated heterocycles. The molecule has 3 heteroatoms. The molecule has 0 aliphatic heterocycles. The molecule has 0 rings (SSSR count). The van der Waals surface area contributed by atoms with Crippen molar-refractivity contribution in [1.29, 1.82) is 0 Å². The minimum Gasteiger partial charge on any atom is -0.513 e. The third-order valence-electron chi connectivity index (χ3n) is 1.47. The van der Waals surface area contributed by atoms with Crippen molar-refractivity contribution in [3.8, 4) is 0 Å². The Morgan fingerprint density at radius 3 is 2.36 bits per heavy atom. The lowest BCUT2D eigenvalue weighted by Crippen LogP contribution is -2.34. The van der Waals surface area contributed by atoms with Crippen LogP contribution < -0.4 is 0 Å². The van der Waals surface area contributed by atoms with Crippen LogP contribution in [0.15, 0.2) is 12.3 Å². The molecule has 0 aromatic rings. The van der Waals surface area contributed by atoms with Crippen LogP contribution in [0.4, 0.5) is 0 Å². The average Bonchev–Trinajstić information content (AvgIpc) is 1.83. The zero-order valence-electron chi connectivity index (χ0n) is 6.92. The Kier molecular flexibility index (Phi) is 3.26. The maximum absolute atomic E-state index is 11.0. The molecule has 64 valence electrons. The van der Waals surface area contributed by atoms with Crippen molar-refractivity contribution < 1.29 is 15.0 Å². The van der Waals surface area contributed by atoms with Crippen LogP contribution in [-0.2, 0) is 4.79 Å². The normalized spacial score (nSPS) is 15.5. The Morgan fingerprint density at radius 1 is 1.64 bits per heavy atom. The minimum absolute atomic E-state index is 0.0837. The summed E-state index contributed by atoms with van der Waals surface area (Å²) < 4.78 is 0. The maximum atomic E-state index is 11.0. The molecule has 1 atom stereocenters. The van der Waals surface area contributed by atoms with E-state index in [0.717, 1.165) is 0 Å². The Balaban J connectivity index is 4.21. The summed E-state index contributed by atoms with van der Waals surface area (Å²) >= 11 is 0. The van der Waals surface area contributed by atoms with Crippen LogP contribution in [0, 0.1) is 0 Å². The Morgan fingerprint density at radius 2 is 2.09 bits per heavy atom. The van der Waals surface area contributed by atoms with Gasteiger partial charge >= 0.3 is 0 Å². The summed E-state index contributed by atoms with van der Waals surface area (Å²) in [4.78, 5) is 11.0. The van der Waals surface area contributed by atoms with Crippen molar-refractivity contribution in [1.82, 2.24) is 0 Å². The quantitative estimate of drug-likeness (QED) is 0.604. The van der Waals surface area contributed by atoms with Gasteiger partial charge in [-0.2, -0.15) is 0 Å². The van der Waals surface area contributed by atoms with Gasteiger partial charge in [0.25, 0.3) is 0 Å². The van der Waals surface area contributed by atoms with Gasteiger partial charge in [-0.1, -0.05) is 13.5 Å². The molecule has 0 aromatic carbocycles. The second kappa shape index (κ2) is 3.53. The van der Waals surface area contributed by atoms with Crippen LogP contribution in [-0.4, -0.2) is 21.6 Å². The van der Waals surface area contributed by atoms with E-state index in [0.29, 0.717) is 0 Å². The molecular weight excluding hydrogens is 144 g/mol. The first-order valence-corrected chi connectivity index (χ1v) is 3.52. The van der Waals surface area contributed by atoms with Crippen LogP contribution >= 0.6 is 0 Å².